The Kier molecular flexibility index (Phi) is 6.27. The number of anilines is 1. The lowest BCUT2D eigenvalue weighted by atomic mass is 10.2. The first-order chi connectivity index (χ1) is 15.4. The Balaban J connectivity index is 1.35. The van der Waals surface area contributed by atoms with Crippen molar-refractivity contribution in [2.24, 2.45) is 20.5 Å². The maximum atomic E-state index is 12.6. The number of hydrogen-bond donors (Lipinski definition) is 0. The van der Waals surface area contributed by atoms with Crippen molar-refractivity contribution in [3.8, 4) is 0 Å². The fourth-order valence-electron chi connectivity index (χ4n) is 3.08. The van der Waals surface area contributed by atoms with Crippen molar-refractivity contribution >= 4 is 28.4 Å². The van der Waals surface area contributed by atoms with E-state index in [-0.39, 0.29) is 6.10 Å². The topological polar surface area (TPSA) is 61.9 Å². The fourth-order valence-corrected chi connectivity index (χ4v) is 3.08. The number of rotatable bonds is 5. The van der Waals surface area contributed by atoms with E-state index in [0.717, 1.165) is 30.1 Å². The molecule has 3 aromatic carbocycles. The number of nitrogens with zero attached hydrogens (tertiary/aromatic N) is 5. The van der Waals surface area contributed by atoms with Crippen molar-refractivity contribution < 1.29 is 17.9 Å². The third-order valence-electron chi connectivity index (χ3n) is 4.81. The summed E-state index contributed by atoms with van der Waals surface area (Å²) in [5.41, 5.74) is 2.62. The van der Waals surface area contributed by atoms with Crippen LogP contribution in [0.4, 0.5) is 41.6 Å². The number of alkyl halides is 3. The summed E-state index contributed by atoms with van der Waals surface area (Å²) in [7, 11) is 0. The van der Waals surface area contributed by atoms with Crippen molar-refractivity contribution in [2.75, 3.05) is 18.2 Å². The molecule has 1 atom stereocenters. The molecule has 1 fully saturated rings. The Morgan fingerprint density at radius 1 is 0.719 bits per heavy atom. The molecule has 32 heavy (non-hydrogen) atoms. The van der Waals surface area contributed by atoms with E-state index in [1.165, 1.54) is 12.1 Å². The van der Waals surface area contributed by atoms with Gasteiger partial charge in [-0.05, 0) is 79.7 Å². The summed E-state index contributed by atoms with van der Waals surface area (Å²) >= 11 is 0. The Morgan fingerprint density at radius 2 is 1.12 bits per heavy atom. The highest BCUT2D eigenvalue weighted by atomic mass is 19.4. The van der Waals surface area contributed by atoms with E-state index in [0.29, 0.717) is 23.8 Å². The molecule has 1 unspecified atom stereocenters. The molecule has 0 N–H and O–H groups in total. The van der Waals surface area contributed by atoms with Crippen molar-refractivity contribution in [3.63, 3.8) is 0 Å². The molecular formula is C23H20F3N5O. The van der Waals surface area contributed by atoms with E-state index in [4.69, 9.17) is 4.74 Å². The van der Waals surface area contributed by atoms with Crippen LogP contribution in [-0.4, -0.2) is 19.4 Å². The van der Waals surface area contributed by atoms with E-state index in [9.17, 15) is 13.2 Å². The predicted octanol–water partition coefficient (Wildman–Crippen LogP) is 7.72. The quantitative estimate of drug-likeness (QED) is 0.382. The van der Waals surface area contributed by atoms with Gasteiger partial charge in [0.15, 0.2) is 0 Å². The minimum Gasteiger partial charge on any atom is -0.356 e. The highest BCUT2D eigenvalue weighted by Gasteiger charge is 2.29. The number of hydrogen-bond acceptors (Lipinski definition) is 6. The molecule has 6 nitrogen and oxygen atoms in total. The molecule has 3 aromatic rings. The molecule has 1 aliphatic rings. The van der Waals surface area contributed by atoms with Gasteiger partial charge in [-0.15, -0.1) is 0 Å². The maximum Gasteiger partial charge on any atom is 0.416 e. The lowest BCUT2D eigenvalue weighted by Gasteiger charge is -2.15. The lowest BCUT2D eigenvalue weighted by Crippen LogP contribution is -2.19. The molecule has 164 valence electrons. The van der Waals surface area contributed by atoms with E-state index >= 15 is 0 Å². The lowest BCUT2D eigenvalue weighted by molar-refractivity contribution is -0.137. The zero-order valence-electron chi connectivity index (χ0n) is 17.2. The zero-order chi connectivity index (χ0) is 22.6. The standard InChI is InChI=1S/C23H20F3N5O/c1-16-14-31(15-32-16)22-12-10-21(11-13-22)30-29-20-8-6-19(7-9-20)28-27-18-4-2-17(3-5-18)23(24,25)26/h2-13,16H,14-15H2,1H3. The molecule has 4 rings (SSSR count). The third kappa shape index (κ3) is 5.55. The van der Waals surface area contributed by atoms with Crippen LogP contribution in [-0.2, 0) is 10.9 Å². The third-order valence-corrected chi connectivity index (χ3v) is 4.81. The predicted molar refractivity (Wildman–Crippen MR) is 115 cm³/mol. The Labute approximate surface area is 183 Å². The minimum absolute atomic E-state index is 0.229. The van der Waals surface area contributed by atoms with E-state index in [2.05, 4.69) is 25.4 Å². The van der Waals surface area contributed by atoms with Gasteiger partial charge in [0.1, 0.15) is 6.73 Å². The second-order valence-electron chi connectivity index (χ2n) is 7.31. The summed E-state index contributed by atoms with van der Waals surface area (Å²) in [4.78, 5) is 2.16. The minimum atomic E-state index is -4.37. The summed E-state index contributed by atoms with van der Waals surface area (Å²) in [6.07, 6.45) is -4.14. The average molecular weight is 439 g/mol. The number of azo groups is 2. The molecule has 0 aromatic heterocycles. The van der Waals surface area contributed by atoms with Crippen molar-refractivity contribution in [1.29, 1.82) is 0 Å². The van der Waals surface area contributed by atoms with Gasteiger partial charge in [-0.3, -0.25) is 0 Å². The summed E-state index contributed by atoms with van der Waals surface area (Å²) in [5, 5.41) is 16.5. The first-order valence-corrected chi connectivity index (χ1v) is 9.94. The van der Waals surface area contributed by atoms with Crippen molar-refractivity contribution in [2.45, 2.75) is 19.2 Å². The highest BCUT2D eigenvalue weighted by Crippen LogP contribution is 2.31. The van der Waals surface area contributed by atoms with Gasteiger partial charge < -0.3 is 9.64 Å². The summed E-state index contributed by atoms with van der Waals surface area (Å²) < 4.78 is 43.3. The van der Waals surface area contributed by atoms with Crippen LogP contribution in [0.1, 0.15) is 12.5 Å². The van der Waals surface area contributed by atoms with E-state index in [1.54, 1.807) is 24.3 Å². The molecule has 0 bridgehead atoms. The molecule has 1 heterocycles. The van der Waals surface area contributed by atoms with Crippen LogP contribution in [0.3, 0.4) is 0 Å². The Hall–Kier alpha value is -3.59. The molecule has 9 heteroatoms. The van der Waals surface area contributed by atoms with Crippen LogP contribution >= 0.6 is 0 Å². The van der Waals surface area contributed by atoms with Crippen molar-refractivity contribution in [1.82, 2.24) is 0 Å². The number of halogens is 3. The monoisotopic (exact) mass is 439 g/mol. The molecule has 0 saturated carbocycles. The van der Waals surface area contributed by atoms with Gasteiger partial charge in [0.05, 0.1) is 34.4 Å². The molecular weight excluding hydrogens is 419 g/mol. The second kappa shape index (κ2) is 9.27. The van der Waals surface area contributed by atoms with Gasteiger partial charge in [0.25, 0.3) is 0 Å². The van der Waals surface area contributed by atoms with Gasteiger partial charge in [0.2, 0.25) is 0 Å². The number of ether oxygens (including phenoxy) is 1. The second-order valence-corrected chi connectivity index (χ2v) is 7.31. The first-order valence-electron chi connectivity index (χ1n) is 9.94. The Bertz CT molecular complexity index is 1090. The summed E-state index contributed by atoms with van der Waals surface area (Å²) in [6, 6.07) is 19.2. The summed E-state index contributed by atoms with van der Waals surface area (Å²) in [6.45, 7) is 3.50. The smallest absolute Gasteiger partial charge is 0.356 e. The first kappa shape index (κ1) is 21.6. The van der Waals surface area contributed by atoms with Crippen LogP contribution in [0.2, 0.25) is 0 Å². The largest absolute Gasteiger partial charge is 0.416 e. The molecule has 0 radical (unpaired) electrons. The molecule has 0 amide bonds. The number of benzene rings is 3. The van der Waals surface area contributed by atoms with Crippen molar-refractivity contribution in [3.05, 3.63) is 78.4 Å². The highest BCUT2D eigenvalue weighted by molar-refractivity contribution is 5.53. The van der Waals surface area contributed by atoms with Crippen LogP contribution in [0.5, 0.6) is 0 Å². The van der Waals surface area contributed by atoms with Gasteiger partial charge in [-0.1, -0.05) is 0 Å². The van der Waals surface area contributed by atoms with Crippen LogP contribution in [0, 0.1) is 0 Å². The van der Waals surface area contributed by atoms with Crippen LogP contribution < -0.4 is 4.90 Å². The Morgan fingerprint density at radius 3 is 1.50 bits per heavy atom. The average Bonchev–Trinajstić information content (AvgIpc) is 3.23. The maximum absolute atomic E-state index is 12.6. The SMILES string of the molecule is CC1CN(c2ccc(N=Nc3ccc(N=Nc4ccc(C(F)(F)F)cc4)cc3)cc2)CO1. The van der Waals surface area contributed by atoms with E-state index < -0.39 is 11.7 Å². The van der Waals surface area contributed by atoms with Crippen LogP contribution in [0.25, 0.3) is 0 Å². The molecule has 1 aliphatic heterocycles. The zero-order valence-corrected chi connectivity index (χ0v) is 17.2. The normalized spacial score (nSPS) is 17.0. The molecule has 0 spiro atoms. The van der Waals surface area contributed by atoms with Gasteiger partial charge in [-0.2, -0.15) is 33.6 Å². The summed E-state index contributed by atoms with van der Waals surface area (Å²) in [5.74, 6) is 0. The molecule has 1 saturated heterocycles. The van der Waals surface area contributed by atoms with Crippen LogP contribution in [0.15, 0.2) is 93.3 Å². The van der Waals surface area contributed by atoms with E-state index in [1.807, 2.05) is 31.2 Å². The fraction of sp³-hybridized carbons (Fsp3) is 0.217. The van der Waals surface area contributed by atoms with Gasteiger partial charge in [0, 0.05) is 12.2 Å². The van der Waals surface area contributed by atoms with Gasteiger partial charge in [-0.25, -0.2) is 0 Å². The molecule has 0 aliphatic carbocycles. The van der Waals surface area contributed by atoms with Gasteiger partial charge >= 0.3 is 6.18 Å².